The van der Waals surface area contributed by atoms with Crippen LogP contribution in [0, 0.1) is 5.82 Å². The predicted molar refractivity (Wildman–Crippen MR) is 49.4 cm³/mol. The van der Waals surface area contributed by atoms with E-state index in [0.29, 0.717) is 25.5 Å². The fraction of sp³-hybridized carbons (Fsp3) is 0.556. The van der Waals surface area contributed by atoms with Crippen LogP contribution in [0.1, 0.15) is 13.3 Å². The molecule has 1 unspecified atom stereocenters. The highest BCUT2D eigenvalue weighted by Gasteiger charge is 2.32. The zero-order chi connectivity index (χ0) is 10.2. The lowest BCUT2D eigenvalue weighted by atomic mass is 10.1. The Bertz CT molecular complexity index is 325. The van der Waals surface area contributed by atoms with Gasteiger partial charge in [0.2, 0.25) is 5.95 Å². The summed E-state index contributed by atoms with van der Waals surface area (Å²) >= 11 is 0. The fourth-order valence-corrected chi connectivity index (χ4v) is 1.58. The first-order valence-electron chi connectivity index (χ1n) is 4.52. The van der Waals surface area contributed by atoms with Gasteiger partial charge in [-0.1, -0.05) is 0 Å². The molecular weight excluding hydrogens is 185 g/mol. The van der Waals surface area contributed by atoms with E-state index < -0.39 is 11.4 Å². The van der Waals surface area contributed by atoms with E-state index in [1.807, 2.05) is 4.90 Å². The van der Waals surface area contributed by atoms with E-state index in [9.17, 15) is 9.50 Å². The highest BCUT2D eigenvalue weighted by atomic mass is 19.1. The smallest absolute Gasteiger partial charge is 0.225 e. The Morgan fingerprint density at radius 3 is 2.64 bits per heavy atom. The Balaban J connectivity index is 2.14. The summed E-state index contributed by atoms with van der Waals surface area (Å²) in [6.07, 6.45) is 2.96. The summed E-state index contributed by atoms with van der Waals surface area (Å²) in [6, 6.07) is 0. The molecule has 0 saturated carbocycles. The zero-order valence-corrected chi connectivity index (χ0v) is 7.94. The van der Waals surface area contributed by atoms with Gasteiger partial charge in [-0.3, -0.25) is 0 Å². The zero-order valence-electron chi connectivity index (χ0n) is 7.94. The molecule has 1 N–H and O–H groups in total. The van der Waals surface area contributed by atoms with Gasteiger partial charge in [0.05, 0.1) is 18.0 Å². The first kappa shape index (κ1) is 9.33. The molecule has 0 aliphatic carbocycles. The lowest BCUT2D eigenvalue weighted by Crippen LogP contribution is -2.30. The highest BCUT2D eigenvalue weighted by Crippen LogP contribution is 2.23. The molecule has 1 aliphatic heterocycles. The first-order chi connectivity index (χ1) is 6.57. The van der Waals surface area contributed by atoms with Crippen molar-refractivity contribution in [1.29, 1.82) is 0 Å². The normalized spacial score (nSPS) is 26.9. The third kappa shape index (κ3) is 1.82. The Morgan fingerprint density at radius 1 is 1.50 bits per heavy atom. The van der Waals surface area contributed by atoms with Gasteiger partial charge >= 0.3 is 0 Å². The number of aliphatic hydroxyl groups is 1. The van der Waals surface area contributed by atoms with Gasteiger partial charge in [-0.2, -0.15) is 0 Å². The van der Waals surface area contributed by atoms with Crippen molar-refractivity contribution in [3.8, 4) is 0 Å². The molecule has 76 valence electrons. The van der Waals surface area contributed by atoms with Crippen molar-refractivity contribution in [2.24, 2.45) is 0 Å². The van der Waals surface area contributed by atoms with Crippen LogP contribution in [-0.2, 0) is 0 Å². The molecule has 1 aromatic rings. The largest absolute Gasteiger partial charge is 0.388 e. The van der Waals surface area contributed by atoms with Crippen molar-refractivity contribution in [1.82, 2.24) is 9.97 Å². The summed E-state index contributed by atoms with van der Waals surface area (Å²) in [4.78, 5) is 9.56. The molecule has 1 atom stereocenters. The van der Waals surface area contributed by atoms with Crippen molar-refractivity contribution < 1.29 is 9.50 Å². The summed E-state index contributed by atoms with van der Waals surface area (Å²) < 4.78 is 12.5. The van der Waals surface area contributed by atoms with Crippen LogP contribution in [-0.4, -0.2) is 33.8 Å². The van der Waals surface area contributed by atoms with E-state index in [1.165, 1.54) is 0 Å². The van der Waals surface area contributed by atoms with Crippen molar-refractivity contribution in [3.63, 3.8) is 0 Å². The molecular formula is C9H12FN3O. The molecule has 0 amide bonds. The number of rotatable bonds is 1. The molecule has 0 radical (unpaired) electrons. The molecule has 5 heteroatoms. The molecule has 1 saturated heterocycles. The molecule has 4 nitrogen and oxygen atoms in total. The maximum atomic E-state index is 12.5. The van der Waals surface area contributed by atoms with Crippen LogP contribution in [0.4, 0.5) is 10.3 Å². The molecule has 0 spiro atoms. The lowest BCUT2D eigenvalue weighted by Gasteiger charge is -2.18. The molecule has 1 fully saturated rings. The van der Waals surface area contributed by atoms with Crippen LogP contribution < -0.4 is 4.90 Å². The van der Waals surface area contributed by atoms with Crippen molar-refractivity contribution in [2.45, 2.75) is 18.9 Å². The van der Waals surface area contributed by atoms with E-state index in [1.54, 1.807) is 6.92 Å². The van der Waals surface area contributed by atoms with Gasteiger partial charge in [-0.15, -0.1) is 0 Å². The number of aromatic nitrogens is 2. The summed E-state index contributed by atoms with van der Waals surface area (Å²) in [5.74, 6) is 0.0314. The number of nitrogens with zero attached hydrogens (tertiary/aromatic N) is 3. The van der Waals surface area contributed by atoms with Crippen LogP contribution in [0.25, 0.3) is 0 Å². The van der Waals surface area contributed by atoms with Gasteiger partial charge in [-0.05, 0) is 13.3 Å². The highest BCUT2D eigenvalue weighted by molar-refractivity contribution is 5.31. The number of hydrogen-bond donors (Lipinski definition) is 1. The Morgan fingerprint density at radius 2 is 2.14 bits per heavy atom. The van der Waals surface area contributed by atoms with E-state index in [0.717, 1.165) is 12.4 Å². The molecule has 2 heterocycles. The van der Waals surface area contributed by atoms with Gasteiger partial charge in [0.25, 0.3) is 0 Å². The number of hydrogen-bond acceptors (Lipinski definition) is 4. The topological polar surface area (TPSA) is 49.2 Å². The summed E-state index contributed by atoms with van der Waals surface area (Å²) in [7, 11) is 0. The summed E-state index contributed by atoms with van der Waals surface area (Å²) in [5, 5.41) is 9.71. The van der Waals surface area contributed by atoms with Gasteiger partial charge < -0.3 is 10.0 Å². The van der Waals surface area contributed by atoms with Gasteiger partial charge in [-0.25, -0.2) is 14.4 Å². The molecule has 1 aromatic heterocycles. The van der Waals surface area contributed by atoms with E-state index >= 15 is 0 Å². The van der Waals surface area contributed by atoms with Crippen molar-refractivity contribution >= 4 is 5.95 Å². The van der Waals surface area contributed by atoms with E-state index in [-0.39, 0.29) is 0 Å². The molecule has 2 rings (SSSR count). The Kier molecular flexibility index (Phi) is 2.11. The van der Waals surface area contributed by atoms with Gasteiger partial charge in [0.1, 0.15) is 0 Å². The molecule has 0 aromatic carbocycles. The van der Waals surface area contributed by atoms with Crippen LogP contribution in [0.5, 0.6) is 0 Å². The second-order valence-electron chi connectivity index (χ2n) is 3.87. The van der Waals surface area contributed by atoms with Gasteiger partial charge in [0, 0.05) is 13.1 Å². The van der Waals surface area contributed by atoms with Gasteiger partial charge in [0.15, 0.2) is 5.82 Å². The Labute approximate surface area is 81.4 Å². The molecule has 0 bridgehead atoms. The standard InChI is InChI=1S/C9H12FN3O/c1-9(14)2-3-13(6-9)8-11-4-7(10)5-12-8/h4-5,14H,2-3,6H2,1H3. The van der Waals surface area contributed by atoms with Crippen LogP contribution in [0.3, 0.4) is 0 Å². The first-order valence-corrected chi connectivity index (χ1v) is 4.52. The molecule has 1 aliphatic rings. The fourth-order valence-electron chi connectivity index (χ4n) is 1.58. The maximum Gasteiger partial charge on any atom is 0.225 e. The average Bonchev–Trinajstić information content (AvgIpc) is 2.47. The van der Waals surface area contributed by atoms with Crippen molar-refractivity contribution in [3.05, 3.63) is 18.2 Å². The predicted octanol–water partition coefficient (Wildman–Crippen LogP) is 0.577. The van der Waals surface area contributed by atoms with Crippen molar-refractivity contribution in [2.75, 3.05) is 18.0 Å². The number of β-amino-alcohol motifs (C(OH)–C–C–N with tert-alkyl or cyclic N) is 1. The Hall–Kier alpha value is -1.23. The second kappa shape index (κ2) is 3.16. The minimum atomic E-state index is -0.683. The molecule has 14 heavy (non-hydrogen) atoms. The van der Waals surface area contributed by atoms with E-state index in [4.69, 9.17) is 0 Å². The van der Waals surface area contributed by atoms with Crippen LogP contribution >= 0.6 is 0 Å². The quantitative estimate of drug-likeness (QED) is 0.715. The minimum absolute atomic E-state index is 0.445. The maximum absolute atomic E-state index is 12.5. The monoisotopic (exact) mass is 197 g/mol. The third-order valence-electron chi connectivity index (χ3n) is 2.34. The number of anilines is 1. The number of halogens is 1. The lowest BCUT2D eigenvalue weighted by molar-refractivity contribution is 0.0838. The minimum Gasteiger partial charge on any atom is -0.388 e. The van der Waals surface area contributed by atoms with Crippen LogP contribution in [0.2, 0.25) is 0 Å². The SMILES string of the molecule is CC1(O)CCN(c2ncc(F)cn2)C1. The van der Waals surface area contributed by atoms with Crippen LogP contribution in [0.15, 0.2) is 12.4 Å². The summed E-state index contributed by atoms with van der Waals surface area (Å²) in [5.41, 5.74) is -0.683. The average molecular weight is 197 g/mol. The third-order valence-corrected chi connectivity index (χ3v) is 2.34. The summed E-state index contributed by atoms with van der Waals surface area (Å²) in [6.45, 7) is 2.98. The second-order valence-corrected chi connectivity index (χ2v) is 3.87. The van der Waals surface area contributed by atoms with E-state index in [2.05, 4.69) is 9.97 Å².